The molecular formula is C18H24N2O. The highest BCUT2D eigenvalue weighted by atomic mass is 16.5. The summed E-state index contributed by atoms with van der Waals surface area (Å²) in [5, 5.41) is 3.16. The van der Waals surface area contributed by atoms with E-state index in [1.54, 1.807) is 12.4 Å². The van der Waals surface area contributed by atoms with Crippen LogP contribution in [0.3, 0.4) is 0 Å². The molecule has 1 heterocycles. The molecule has 0 aliphatic carbocycles. The summed E-state index contributed by atoms with van der Waals surface area (Å²) >= 11 is 0. The maximum atomic E-state index is 6.20. The van der Waals surface area contributed by atoms with E-state index in [1.807, 2.05) is 13.1 Å². The number of benzene rings is 1. The normalized spacial score (nSPS) is 11.5. The molecule has 2 aromatic rings. The average molecular weight is 284 g/mol. The van der Waals surface area contributed by atoms with Gasteiger partial charge in [0.2, 0.25) is 0 Å². The summed E-state index contributed by atoms with van der Waals surface area (Å²) in [7, 11) is 1.93. The van der Waals surface area contributed by atoms with Crippen LogP contribution in [0.15, 0.2) is 36.7 Å². The van der Waals surface area contributed by atoms with Gasteiger partial charge in [0.25, 0.3) is 0 Å². The molecule has 0 unspecified atom stereocenters. The lowest BCUT2D eigenvalue weighted by molar-refractivity contribution is 0.447. The molecule has 2 rings (SSSR count). The molecule has 0 saturated heterocycles. The molecule has 0 bridgehead atoms. The second-order valence-corrected chi connectivity index (χ2v) is 6.37. The lowest BCUT2D eigenvalue weighted by Crippen LogP contribution is -2.13. The van der Waals surface area contributed by atoms with Gasteiger partial charge in [-0.1, -0.05) is 32.9 Å². The van der Waals surface area contributed by atoms with Gasteiger partial charge in [0.05, 0.1) is 6.20 Å². The minimum Gasteiger partial charge on any atom is -0.455 e. The third-order valence-corrected chi connectivity index (χ3v) is 3.40. The van der Waals surface area contributed by atoms with Crippen LogP contribution in [0.1, 0.15) is 37.5 Å². The topological polar surface area (TPSA) is 34.2 Å². The van der Waals surface area contributed by atoms with E-state index in [0.717, 1.165) is 23.6 Å². The summed E-state index contributed by atoms with van der Waals surface area (Å²) in [5.74, 6) is 1.72. The van der Waals surface area contributed by atoms with Crippen molar-refractivity contribution in [1.82, 2.24) is 10.3 Å². The Bertz CT molecular complexity index is 615. The van der Waals surface area contributed by atoms with Crippen LogP contribution in [-0.2, 0) is 12.0 Å². The van der Waals surface area contributed by atoms with Gasteiger partial charge >= 0.3 is 0 Å². The molecule has 3 nitrogen and oxygen atoms in total. The maximum absolute atomic E-state index is 6.20. The molecule has 0 aliphatic rings. The van der Waals surface area contributed by atoms with E-state index in [4.69, 9.17) is 4.74 Å². The molecule has 0 radical (unpaired) electrons. The molecule has 1 N–H and O–H groups in total. The first-order valence-electron chi connectivity index (χ1n) is 7.28. The molecule has 0 amide bonds. The van der Waals surface area contributed by atoms with Gasteiger partial charge in [0.15, 0.2) is 0 Å². The van der Waals surface area contributed by atoms with Crippen LogP contribution in [0.25, 0.3) is 0 Å². The SMILES string of the molecule is CNCc1ccncc1Oc1cc(C)ccc1C(C)(C)C. The smallest absolute Gasteiger partial charge is 0.150 e. The summed E-state index contributed by atoms with van der Waals surface area (Å²) in [4.78, 5) is 4.19. The molecule has 21 heavy (non-hydrogen) atoms. The third-order valence-electron chi connectivity index (χ3n) is 3.40. The van der Waals surface area contributed by atoms with E-state index in [9.17, 15) is 0 Å². The van der Waals surface area contributed by atoms with Crippen molar-refractivity contribution in [1.29, 1.82) is 0 Å². The van der Waals surface area contributed by atoms with Crippen molar-refractivity contribution >= 4 is 0 Å². The number of ether oxygens (including phenoxy) is 1. The molecule has 0 fully saturated rings. The van der Waals surface area contributed by atoms with Gasteiger partial charge in [-0.3, -0.25) is 4.98 Å². The number of nitrogens with zero attached hydrogens (tertiary/aromatic N) is 1. The van der Waals surface area contributed by atoms with Crippen LogP contribution in [0, 0.1) is 6.92 Å². The van der Waals surface area contributed by atoms with Crippen molar-refractivity contribution in [2.24, 2.45) is 0 Å². The highest BCUT2D eigenvalue weighted by Gasteiger charge is 2.20. The van der Waals surface area contributed by atoms with Gasteiger partial charge in [-0.2, -0.15) is 0 Å². The predicted octanol–water partition coefficient (Wildman–Crippen LogP) is 4.20. The summed E-state index contributed by atoms with van der Waals surface area (Å²) in [6.07, 6.45) is 3.57. The molecule has 1 aromatic carbocycles. The fourth-order valence-corrected chi connectivity index (χ4v) is 2.29. The Morgan fingerprint density at radius 3 is 2.57 bits per heavy atom. The number of hydrogen-bond donors (Lipinski definition) is 1. The standard InChI is InChI=1S/C18H24N2O/c1-13-6-7-15(18(2,3)4)16(10-13)21-17-12-20-9-8-14(17)11-19-5/h6-10,12,19H,11H2,1-5H3. The van der Waals surface area contributed by atoms with Crippen molar-refractivity contribution in [3.05, 3.63) is 53.3 Å². The molecule has 0 aliphatic heterocycles. The minimum absolute atomic E-state index is 0.0361. The van der Waals surface area contributed by atoms with Crippen LogP contribution in [0.4, 0.5) is 0 Å². The Morgan fingerprint density at radius 2 is 1.90 bits per heavy atom. The van der Waals surface area contributed by atoms with Crippen LogP contribution < -0.4 is 10.1 Å². The van der Waals surface area contributed by atoms with Crippen LogP contribution >= 0.6 is 0 Å². The fraction of sp³-hybridized carbons (Fsp3) is 0.389. The zero-order valence-electron chi connectivity index (χ0n) is 13.5. The van der Waals surface area contributed by atoms with E-state index in [2.05, 4.69) is 56.2 Å². The third kappa shape index (κ3) is 3.82. The van der Waals surface area contributed by atoms with Gasteiger partial charge < -0.3 is 10.1 Å². The average Bonchev–Trinajstić information content (AvgIpc) is 2.40. The predicted molar refractivity (Wildman–Crippen MR) is 87.0 cm³/mol. The van der Waals surface area contributed by atoms with Gasteiger partial charge in [0, 0.05) is 23.9 Å². The zero-order chi connectivity index (χ0) is 15.5. The first kappa shape index (κ1) is 15.5. The Kier molecular flexibility index (Phi) is 4.63. The van der Waals surface area contributed by atoms with Crippen LogP contribution in [0.2, 0.25) is 0 Å². The Morgan fingerprint density at radius 1 is 1.14 bits per heavy atom. The Hall–Kier alpha value is -1.87. The minimum atomic E-state index is 0.0361. The largest absolute Gasteiger partial charge is 0.455 e. The van der Waals surface area contributed by atoms with Gasteiger partial charge in [-0.05, 0) is 37.1 Å². The molecule has 0 saturated carbocycles. The van der Waals surface area contributed by atoms with Crippen molar-refractivity contribution < 1.29 is 4.74 Å². The lowest BCUT2D eigenvalue weighted by atomic mass is 9.86. The Labute approximate surface area is 127 Å². The maximum Gasteiger partial charge on any atom is 0.150 e. The number of nitrogens with one attached hydrogen (secondary N) is 1. The fourth-order valence-electron chi connectivity index (χ4n) is 2.29. The van der Waals surface area contributed by atoms with E-state index in [1.165, 1.54) is 11.1 Å². The molecule has 3 heteroatoms. The quantitative estimate of drug-likeness (QED) is 0.913. The highest BCUT2D eigenvalue weighted by molar-refractivity contribution is 5.45. The van der Waals surface area contributed by atoms with E-state index in [-0.39, 0.29) is 5.41 Å². The van der Waals surface area contributed by atoms with Crippen molar-refractivity contribution in [3.63, 3.8) is 0 Å². The molecule has 112 valence electrons. The van der Waals surface area contributed by atoms with Crippen molar-refractivity contribution in [3.8, 4) is 11.5 Å². The Balaban J connectivity index is 2.42. The first-order chi connectivity index (χ1) is 9.91. The van der Waals surface area contributed by atoms with Crippen LogP contribution in [0.5, 0.6) is 11.5 Å². The van der Waals surface area contributed by atoms with Crippen molar-refractivity contribution in [2.45, 2.75) is 39.7 Å². The molecular weight excluding hydrogens is 260 g/mol. The zero-order valence-corrected chi connectivity index (χ0v) is 13.5. The number of aromatic nitrogens is 1. The number of hydrogen-bond acceptors (Lipinski definition) is 3. The number of rotatable bonds is 4. The summed E-state index contributed by atoms with van der Waals surface area (Å²) in [6.45, 7) is 9.43. The van der Waals surface area contributed by atoms with E-state index in [0.29, 0.717) is 0 Å². The summed E-state index contributed by atoms with van der Waals surface area (Å²) in [5.41, 5.74) is 3.53. The summed E-state index contributed by atoms with van der Waals surface area (Å²) in [6, 6.07) is 8.36. The van der Waals surface area contributed by atoms with Crippen LogP contribution in [-0.4, -0.2) is 12.0 Å². The highest BCUT2D eigenvalue weighted by Crippen LogP contribution is 2.35. The summed E-state index contributed by atoms with van der Waals surface area (Å²) < 4.78 is 6.20. The second kappa shape index (κ2) is 6.27. The van der Waals surface area contributed by atoms with Gasteiger partial charge in [-0.25, -0.2) is 0 Å². The second-order valence-electron chi connectivity index (χ2n) is 6.37. The monoisotopic (exact) mass is 284 g/mol. The van der Waals surface area contributed by atoms with Crippen molar-refractivity contribution in [2.75, 3.05) is 7.05 Å². The number of pyridine rings is 1. The lowest BCUT2D eigenvalue weighted by Gasteiger charge is -2.23. The van der Waals surface area contributed by atoms with Gasteiger partial charge in [0.1, 0.15) is 11.5 Å². The van der Waals surface area contributed by atoms with Gasteiger partial charge in [-0.15, -0.1) is 0 Å². The molecule has 0 atom stereocenters. The number of aryl methyl sites for hydroxylation is 1. The first-order valence-corrected chi connectivity index (χ1v) is 7.28. The van der Waals surface area contributed by atoms with E-state index < -0.39 is 0 Å². The van der Waals surface area contributed by atoms with E-state index >= 15 is 0 Å². The molecule has 1 aromatic heterocycles. The molecule has 0 spiro atoms.